The monoisotopic (exact) mass is 439 g/mol. The molecule has 2 aromatic carbocycles. The van der Waals surface area contributed by atoms with Crippen molar-refractivity contribution in [3.8, 4) is 0 Å². The summed E-state index contributed by atoms with van der Waals surface area (Å²) < 4.78 is 18.9. The summed E-state index contributed by atoms with van der Waals surface area (Å²) in [4.78, 5) is 27.3. The van der Waals surface area contributed by atoms with Gasteiger partial charge in [-0.05, 0) is 55.5 Å². The first-order chi connectivity index (χ1) is 15.6. The van der Waals surface area contributed by atoms with Crippen LogP contribution in [0.1, 0.15) is 31.2 Å². The van der Waals surface area contributed by atoms with Crippen molar-refractivity contribution in [3.05, 3.63) is 66.0 Å². The third-order valence-corrected chi connectivity index (χ3v) is 6.58. The topological polar surface area (TPSA) is 70.7 Å². The molecule has 2 fully saturated rings. The van der Waals surface area contributed by atoms with E-state index in [9.17, 15) is 14.0 Å². The summed E-state index contributed by atoms with van der Waals surface area (Å²) in [5.41, 5.74) is 1.38. The first kappa shape index (κ1) is 22.4. The number of rotatable bonds is 6. The molecule has 0 radical (unpaired) electrons. The Morgan fingerprint density at radius 3 is 2.31 bits per heavy atom. The van der Waals surface area contributed by atoms with Gasteiger partial charge in [-0.1, -0.05) is 30.3 Å². The van der Waals surface area contributed by atoms with Crippen molar-refractivity contribution in [2.24, 2.45) is 5.92 Å². The number of hydrogen-bond acceptors (Lipinski definition) is 4. The Bertz CT molecular complexity index is 906. The van der Waals surface area contributed by atoms with Crippen LogP contribution in [-0.4, -0.2) is 49.6 Å². The summed E-state index contributed by atoms with van der Waals surface area (Å²) in [7, 11) is 0. The van der Waals surface area contributed by atoms with E-state index in [4.69, 9.17) is 4.74 Å². The van der Waals surface area contributed by atoms with Crippen LogP contribution < -0.4 is 10.6 Å². The van der Waals surface area contributed by atoms with Crippen LogP contribution in [0.15, 0.2) is 54.6 Å². The van der Waals surface area contributed by atoms with Gasteiger partial charge < -0.3 is 15.0 Å². The molecule has 0 saturated carbocycles. The number of halogens is 1. The van der Waals surface area contributed by atoms with E-state index in [-0.39, 0.29) is 30.1 Å². The van der Waals surface area contributed by atoms with Crippen molar-refractivity contribution in [3.63, 3.8) is 0 Å². The van der Waals surface area contributed by atoms with Crippen LogP contribution in [0.3, 0.4) is 0 Å². The van der Waals surface area contributed by atoms with Crippen LogP contribution in [-0.2, 0) is 19.9 Å². The molecule has 2 N–H and O–H groups in total. The average Bonchev–Trinajstić information content (AvgIpc) is 2.84. The molecule has 2 aromatic rings. The number of amides is 2. The van der Waals surface area contributed by atoms with Crippen molar-refractivity contribution in [2.75, 3.05) is 38.2 Å². The second-order valence-electron chi connectivity index (χ2n) is 8.57. The van der Waals surface area contributed by atoms with Crippen LogP contribution in [0.4, 0.5) is 10.1 Å². The largest absolute Gasteiger partial charge is 0.381 e. The van der Waals surface area contributed by atoms with E-state index in [0.29, 0.717) is 39.1 Å². The molecule has 170 valence electrons. The summed E-state index contributed by atoms with van der Waals surface area (Å²) >= 11 is 0. The van der Waals surface area contributed by atoms with E-state index in [0.717, 1.165) is 24.1 Å². The maximum atomic E-state index is 13.4. The minimum absolute atomic E-state index is 0.0129. The fourth-order valence-electron chi connectivity index (χ4n) is 4.57. The van der Waals surface area contributed by atoms with Crippen molar-refractivity contribution in [2.45, 2.75) is 31.2 Å². The fraction of sp³-hybridized carbons (Fsp3) is 0.440. The number of hydrogen-bond donors (Lipinski definition) is 2. The lowest BCUT2D eigenvalue weighted by Gasteiger charge is -2.39. The van der Waals surface area contributed by atoms with Gasteiger partial charge in [-0.25, -0.2) is 4.39 Å². The van der Waals surface area contributed by atoms with Gasteiger partial charge in [0.05, 0.1) is 6.54 Å². The highest BCUT2D eigenvalue weighted by molar-refractivity contribution is 5.92. The van der Waals surface area contributed by atoms with Crippen LogP contribution in [0.2, 0.25) is 0 Å². The molecule has 0 spiro atoms. The maximum Gasteiger partial charge on any atom is 0.236 e. The second kappa shape index (κ2) is 10.2. The number of anilines is 1. The summed E-state index contributed by atoms with van der Waals surface area (Å²) in [6.45, 7) is 2.54. The predicted octanol–water partition coefficient (Wildman–Crippen LogP) is 3.30. The van der Waals surface area contributed by atoms with Gasteiger partial charge in [-0.3, -0.25) is 14.9 Å². The zero-order valence-electron chi connectivity index (χ0n) is 18.2. The molecule has 2 saturated heterocycles. The molecular weight excluding hydrogens is 409 g/mol. The van der Waals surface area contributed by atoms with Gasteiger partial charge in [-0.2, -0.15) is 0 Å². The fourth-order valence-corrected chi connectivity index (χ4v) is 4.57. The Morgan fingerprint density at radius 2 is 1.66 bits per heavy atom. The number of nitrogens with one attached hydrogen (secondary N) is 2. The summed E-state index contributed by atoms with van der Waals surface area (Å²) in [6.07, 6.45) is 2.77. The molecule has 2 heterocycles. The van der Waals surface area contributed by atoms with Gasteiger partial charge in [0.25, 0.3) is 0 Å². The smallest absolute Gasteiger partial charge is 0.236 e. The van der Waals surface area contributed by atoms with Crippen molar-refractivity contribution < 1.29 is 18.7 Å². The van der Waals surface area contributed by atoms with Crippen LogP contribution in [0.5, 0.6) is 0 Å². The third kappa shape index (κ3) is 5.34. The molecule has 32 heavy (non-hydrogen) atoms. The number of likely N-dealkylation sites (tertiary alicyclic amines) is 1. The molecule has 4 rings (SSSR count). The van der Waals surface area contributed by atoms with E-state index in [2.05, 4.69) is 10.6 Å². The number of nitrogens with zero attached hydrogens (tertiary/aromatic N) is 1. The number of benzene rings is 2. The highest BCUT2D eigenvalue weighted by Crippen LogP contribution is 2.32. The van der Waals surface area contributed by atoms with E-state index < -0.39 is 5.54 Å². The van der Waals surface area contributed by atoms with Crippen LogP contribution in [0, 0.1) is 11.7 Å². The van der Waals surface area contributed by atoms with E-state index in [1.54, 1.807) is 12.1 Å². The van der Waals surface area contributed by atoms with E-state index in [1.165, 1.54) is 12.1 Å². The molecule has 2 aliphatic heterocycles. The van der Waals surface area contributed by atoms with Gasteiger partial charge >= 0.3 is 0 Å². The number of carbonyl (C=O) groups excluding carboxylic acids is 2. The Hall–Kier alpha value is -2.77. The minimum atomic E-state index is -0.393. The third-order valence-electron chi connectivity index (χ3n) is 6.58. The van der Waals surface area contributed by atoms with Gasteiger partial charge in [0.2, 0.25) is 11.8 Å². The molecule has 6 nitrogen and oxygen atoms in total. The molecule has 2 aliphatic rings. The highest BCUT2D eigenvalue weighted by atomic mass is 19.1. The molecule has 0 unspecified atom stereocenters. The van der Waals surface area contributed by atoms with E-state index >= 15 is 0 Å². The zero-order chi connectivity index (χ0) is 22.4. The first-order valence-electron chi connectivity index (χ1n) is 11.3. The Balaban J connectivity index is 1.30. The molecular formula is C25H30FN3O3. The zero-order valence-corrected chi connectivity index (χ0v) is 18.2. The normalized spacial score (nSPS) is 18.8. The van der Waals surface area contributed by atoms with Gasteiger partial charge in [0.1, 0.15) is 5.82 Å². The summed E-state index contributed by atoms with van der Waals surface area (Å²) in [6, 6.07) is 15.9. The quantitative estimate of drug-likeness (QED) is 0.725. The number of para-hydroxylation sites is 1. The van der Waals surface area contributed by atoms with Crippen LogP contribution in [0.25, 0.3) is 0 Å². The van der Waals surface area contributed by atoms with Gasteiger partial charge in [0, 0.05) is 43.4 Å². The van der Waals surface area contributed by atoms with E-state index in [1.807, 2.05) is 35.2 Å². The first-order valence-corrected chi connectivity index (χ1v) is 11.3. The second-order valence-corrected chi connectivity index (χ2v) is 8.57. The molecule has 0 bridgehead atoms. The standard InChI is InChI=1S/C25H30FN3O3/c26-21-8-6-20(7-9-21)25(12-16-32-17-13-25)27-18-23(30)29-14-10-19(11-15-29)24(31)28-22-4-2-1-3-5-22/h1-9,19,27H,10-18H2,(H,28,31). The Morgan fingerprint density at radius 1 is 1.00 bits per heavy atom. The van der Waals surface area contributed by atoms with Gasteiger partial charge in [-0.15, -0.1) is 0 Å². The van der Waals surface area contributed by atoms with Crippen LogP contribution >= 0.6 is 0 Å². The van der Waals surface area contributed by atoms with Crippen molar-refractivity contribution >= 4 is 17.5 Å². The lowest BCUT2D eigenvalue weighted by molar-refractivity contribution is -0.134. The summed E-state index contributed by atoms with van der Waals surface area (Å²) in [5.74, 6) is -0.321. The lowest BCUT2D eigenvalue weighted by Crippen LogP contribution is -2.52. The highest BCUT2D eigenvalue weighted by Gasteiger charge is 2.35. The molecule has 7 heteroatoms. The minimum Gasteiger partial charge on any atom is -0.381 e. The predicted molar refractivity (Wildman–Crippen MR) is 121 cm³/mol. The average molecular weight is 440 g/mol. The number of ether oxygens (including phenoxy) is 1. The maximum absolute atomic E-state index is 13.4. The molecule has 2 amide bonds. The number of piperidine rings is 1. The van der Waals surface area contributed by atoms with Gasteiger partial charge in [0.15, 0.2) is 0 Å². The lowest BCUT2D eigenvalue weighted by atomic mass is 9.82. The summed E-state index contributed by atoms with van der Waals surface area (Å²) in [5, 5.41) is 6.42. The Labute approximate surface area is 188 Å². The molecule has 0 atom stereocenters. The SMILES string of the molecule is O=C(Nc1ccccc1)C1CCN(C(=O)CNC2(c3ccc(F)cc3)CCOCC2)CC1. The van der Waals surface area contributed by atoms with Crippen molar-refractivity contribution in [1.82, 2.24) is 10.2 Å². The Kier molecular flexibility index (Phi) is 7.17. The molecule has 0 aromatic heterocycles. The van der Waals surface area contributed by atoms with Crippen molar-refractivity contribution in [1.29, 1.82) is 0 Å². The molecule has 0 aliphatic carbocycles. The number of carbonyl (C=O) groups is 2.